The second kappa shape index (κ2) is 8.28. The van der Waals surface area contributed by atoms with Gasteiger partial charge in [0.05, 0.1) is 17.9 Å². The van der Waals surface area contributed by atoms with Gasteiger partial charge < -0.3 is 0 Å². The van der Waals surface area contributed by atoms with Crippen molar-refractivity contribution >= 4 is 5.52 Å². The van der Waals surface area contributed by atoms with Gasteiger partial charge in [-0.1, -0.05) is 32.0 Å². The first-order valence-corrected chi connectivity index (χ1v) is 10.9. The highest BCUT2D eigenvalue weighted by atomic mass is 19.1. The fourth-order valence-electron chi connectivity index (χ4n) is 4.26. The number of nitrogens with zero attached hydrogens (tertiary/aromatic N) is 4. The molecule has 0 fully saturated rings. The van der Waals surface area contributed by atoms with E-state index in [0.29, 0.717) is 11.5 Å². The summed E-state index contributed by atoms with van der Waals surface area (Å²) in [5, 5.41) is 8.82. The van der Waals surface area contributed by atoms with Crippen molar-refractivity contribution in [2.45, 2.75) is 20.3 Å². The van der Waals surface area contributed by atoms with Crippen LogP contribution in [0, 0.1) is 17.6 Å². The zero-order chi connectivity index (χ0) is 23.1. The maximum absolute atomic E-state index is 14.6. The van der Waals surface area contributed by atoms with Crippen molar-refractivity contribution < 1.29 is 8.78 Å². The van der Waals surface area contributed by atoms with Crippen LogP contribution in [0.4, 0.5) is 8.78 Å². The number of fused-ring (bicyclic) bond motifs is 1. The van der Waals surface area contributed by atoms with Gasteiger partial charge in [0.1, 0.15) is 11.6 Å². The van der Waals surface area contributed by atoms with Gasteiger partial charge in [0, 0.05) is 47.8 Å². The highest BCUT2D eigenvalue weighted by Gasteiger charge is 2.14. The van der Waals surface area contributed by atoms with Gasteiger partial charge in [-0.15, -0.1) is 0 Å². The minimum Gasteiger partial charge on any atom is -0.275 e. The van der Waals surface area contributed by atoms with E-state index in [-0.39, 0.29) is 0 Å². The van der Waals surface area contributed by atoms with E-state index in [2.05, 4.69) is 36.2 Å². The summed E-state index contributed by atoms with van der Waals surface area (Å²) in [4.78, 5) is 0. The third kappa shape index (κ3) is 4.16. The molecule has 0 saturated carbocycles. The summed E-state index contributed by atoms with van der Waals surface area (Å²) < 4.78 is 31.7. The molecule has 0 bridgehead atoms. The minimum absolute atomic E-state index is 0.388. The average Bonchev–Trinajstić information content (AvgIpc) is 3.38. The van der Waals surface area contributed by atoms with Gasteiger partial charge in [0.25, 0.3) is 0 Å². The molecule has 0 atom stereocenters. The van der Waals surface area contributed by atoms with Crippen LogP contribution < -0.4 is 0 Å². The van der Waals surface area contributed by atoms with Crippen LogP contribution in [0.2, 0.25) is 0 Å². The molecule has 5 aromatic rings. The molecular weight excluding hydrogens is 418 g/mol. The molecule has 0 unspecified atom stereocenters. The first-order valence-electron chi connectivity index (χ1n) is 10.9. The van der Waals surface area contributed by atoms with Crippen LogP contribution in [0.25, 0.3) is 38.9 Å². The van der Waals surface area contributed by atoms with Gasteiger partial charge in [0.2, 0.25) is 0 Å². The molecule has 0 aliphatic rings. The second-order valence-electron chi connectivity index (χ2n) is 8.85. The third-order valence-corrected chi connectivity index (χ3v) is 5.74. The van der Waals surface area contributed by atoms with Crippen LogP contribution in [0.15, 0.2) is 73.3 Å². The molecule has 0 aliphatic carbocycles. The lowest BCUT2D eigenvalue weighted by Crippen LogP contribution is -1.96. The Labute approximate surface area is 191 Å². The fraction of sp³-hybridized carbons (Fsp3) is 0.185. The normalized spacial score (nSPS) is 11.6. The summed E-state index contributed by atoms with van der Waals surface area (Å²) in [5.41, 5.74) is 7.13. The molecule has 0 radical (unpaired) electrons. The summed E-state index contributed by atoms with van der Waals surface area (Å²) in [5.74, 6) is -0.706. The predicted molar refractivity (Wildman–Crippen MR) is 127 cm³/mol. The topological polar surface area (TPSA) is 35.1 Å². The molecule has 4 nitrogen and oxygen atoms in total. The van der Waals surface area contributed by atoms with Gasteiger partial charge >= 0.3 is 0 Å². The van der Waals surface area contributed by atoms with E-state index in [9.17, 15) is 8.78 Å². The van der Waals surface area contributed by atoms with Crippen molar-refractivity contribution in [3.05, 3.63) is 90.5 Å². The van der Waals surface area contributed by atoms with Crippen LogP contribution in [-0.2, 0) is 13.5 Å². The Bertz CT molecular complexity index is 1460. The first kappa shape index (κ1) is 21.1. The molecule has 3 heterocycles. The van der Waals surface area contributed by atoms with Crippen LogP contribution in [0.3, 0.4) is 0 Å². The Morgan fingerprint density at radius 2 is 1.58 bits per heavy atom. The number of rotatable bonds is 5. The molecule has 3 aromatic heterocycles. The summed E-state index contributed by atoms with van der Waals surface area (Å²) in [6, 6.07) is 13.9. The lowest BCUT2D eigenvalue weighted by molar-refractivity contribution is 0.585. The third-order valence-electron chi connectivity index (χ3n) is 5.74. The predicted octanol–water partition coefficient (Wildman–Crippen LogP) is 6.55. The molecular formula is C27H24F2N4. The molecule has 0 spiro atoms. The molecule has 0 amide bonds. The fourth-order valence-corrected chi connectivity index (χ4v) is 4.26. The SMILES string of the molecule is CC(C)Cc1cc(-c2ccc(F)cc2F)cc(-c2cnn3cc(-c4cnn(C)c4)ccc23)c1. The van der Waals surface area contributed by atoms with E-state index in [1.807, 2.05) is 54.5 Å². The van der Waals surface area contributed by atoms with Crippen molar-refractivity contribution in [1.29, 1.82) is 0 Å². The minimum atomic E-state index is -0.582. The number of aryl methyl sites for hydroxylation is 1. The van der Waals surface area contributed by atoms with Gasteiger partial charge in [-0.05, 0) is 53.3 Å². The molecule has 0 N–H and O–H groups in total. The second-order valence-corrected chi connectivity index (χ2v) is 8.85. The van der Waals surface area contributed by atoms with Gasteiger partial charge in [0.15, 0.2) is 0 Å². The highest BCUT2D eigenvalue weighted by Crippen LogP contribution is 2.33. The van der Waals surface area contributed by atoms with Crippen molar-refractivity contribution in [2.24, 2.45) is 13.0 Å². The summed E-state index contributed by atoms with van der Waals surface area (Å²) >= 11 is 0. The van der Waals surface area contributed by atoms with E-state index in [1.165, 1.54) is 12.1 Å². The number of halogens is 2. The van der Waals surface area contributed by atoms with E-state index in [0.717, 1.165) is 51.4 Å². The van der Waals surface area contributed by atoms with E-state index < -0.39 is 11.6 Å². The number of hydrogen-bond donors (Lipinski definition) is 0. The van der Waals surface area contributed by atoms with Crippen LogP contribution in [0.5, 0.6) is 0 Å². The van der Waals surface area contributed by atoms with Crippen molar-refractivity contribution in [2.75, 3.05) is 0 Å². The molecule has 6 heteroatoms. The smallest absolute Gasteiger partial charge is 0.133 e. The van der Waals surface area contributed by atoms with Gasteiger partial charge in [-0.3, -0.25) is 4.68 Å². The van der Waals surface area contributed by atoms with Crippen LogP contribution >= 0.6 is 0 Å². The van der Waals surface area contributed by atoms with Gasteiger partial charge in [-0.25, -0.2) is 13.3 Å². The van der Waals surface area contributed by atoms with E-state index in [1.54, 1.807) is 4.68 Å². The molecule has 33 heavy (non-hydrogen) atoms. The van der Waals surface area contributed by atoms with Gasteiger partial charge in [-0.2, -0.15) is 10.2 Å². The molecule has 166 valence electrons. The average molecular weight is 443 g/mol. The monoisotopic (exact) mass is 442 g/mol. The summed E-state index contributed by atoms with van der Waals surface area (Å²) in [6.07, 6.45) is 8.46. The molecule has 5 rings (SSSR count). The summed E-state index contributed by atoms with van der Waals surface area (Å²) in [7, 11) is 1.89. The van der Waals surface area contributed by atoms with Crippen molar-refractivity contribution in [3.63, 3.8) is 0 Å². The Balaban J connectivity index is 1.63. The lowest BCUT2D eigenvalue weighted by Gasteiger charge is -2.12. The van der Waals surface area contributed by atoms with E-state index >= 15 is 0 Å². The maximum Gasteiger partial charge on any atom is 0.133 e. The summed E-state index contributed by atoms with van der Waals surface area (Å²) in [6.45, 7) is 4.31. The zero-order valence-corrected chi connectivity index (χ0v) is 18.8. The number of hydrogen-bond acceptors (Lipinski definition) is 2. The Hall–Kier alpha value is -3.80. The lowest BCUT2D eigenvalue weighted by atomic mass is 9.93. The zero-order valence-electron chi connectivity index (χ0n) is 18.8. The Kier molecular flexibility index (Phi) is 5.29. The highest BCUT2D eigenvalue weighted by molar-refractivity contribution is 5.84. The van der Waals surface area contributed by atoms with E-state index in [4.69, 9.17) is 0 Å². The first-order chi connectivity index (χ1) is 15.9. The Morgan fingerprint density at radius 3 is 2.27 bits per heavy atom. The molecule has 2 aromatic carbocycles. The van der Waals surface area contributed by atoms with Crippen molar-refractivity contribution in [3.8, 4) is 33.4 Å². The van der Waals surface area contributed by atoms with Crippen LogP contribution in [0.1, 0.15) is 19.4 Å². The maximum atomic E-state index is 14.6. The number of benzene rings is 2. The molecule has 0 saturated heterocycles. The van der Waals surface area contributed by atoms with Crippen LogP contribution in [-0.4, -0.2) is 19.4 Å². The standard InChI is InChI=1S/C27H24F2N4/c1-17(2)8-18-9-20(24-6-5-23(28)12-26(24)29)11-21(10-18)25-14-31-33-16-19(4-7-27(25)33)22-13-30-32(3)15-22/h4-7,9-17H,8H2,1-3H3. The molecule has 0 aliphatic heterocycles. The number of aromatic nitrogens is 4. The largest absolute Gasteiger partial charge is 0.275 e. The Morgan fingerprint density at radius 1 is 0.788 bits per heavy atom. The quantitative estimate of drug-likeness (QED) is 0.310. The van der Waals surface area contributed by atoms with Crippen molar-refractivity contribution in [1.82, 2.24) is 19.4 Å². The number of pyridine rings is 1.